The topological polar surface area (TPSA) is 57.7 Å². The number of pyridine rings is 1. The smallest absolute Gasteiger partial charge is 0.410 e. The molecule has 0 unspecified atom stereocenters. The van der Waals surface area contributed by atoms with E-state index >= 15 is 0 Å². The summed E-state index contributed by atoms with van der Waals surface area (Å²) in [4.78, 5) is 20.8. The molecule has 0 saturated carbocycles. The van der Waals surface area contributed by atoms with Crippen LogP contribution in [-0.2, 0) is 11.2 Å². The van der Waals surface area contributed by atoms with Crippen molar-refractivity contribution in [1.29, 1.82) is 0 Å². The zero-order chi connectivity index (χ0) is 18.4. The number of likely N-dealkylation sites (tertiary alicyclic amines) is 1. The molecule has 0 aliphatic carbocycles. The molecule has 1 aromatic heterocycles. The first-order valence-electron chi connectivity index (χ1n) is 9.98. The maximum Gasteiger partial charge on any atom is 0.410 e. The molecule has 2 fully saturated rings. The van der Waals surface area contributed by atoms with Gasteiger partial charge in [-0.25, -0.2) is 9.78 Å². The Labute approximate surface area is 156 Å². The van der Waals surface area contributed by atoms with E-state index < -0.39 is 0 Å². The Hall–Kier alpha value is -1.82. The number of rotatable bonds is 5. The van der Waals surface area contributed by atoms with Crippen LogP contribution in [-0.4, -0.2) is 61.3 Å². The van der Waals surface area contributed by atoms with Crippen LogP contribution in [0.25, 0.3) is 0 Å². The van der Waals surface area contributed by atoms with Crippen LogP contribution in [0.2, 0.25) is 0 Å². The second-order valence-electron chi connectivity index (χ2n) is 7.66. The first-order valence-corrected chi connectivity index (χ1v) is 9.98. The van der Waals surface area contributed by atoms with Crippen LogP contribution < -0.4 is 10.2 Å². The second kappa shape index (κ2) is 9.21. The normalized spacial score (nSPS) is 19.0. The summed E-state index contributed by atoms with van der Waals surface area (Å²) in [5.41, 5.74) is 1.31. The van der Waals surface area contributed by atoms with Crippen molar-refractivity contribution in [3.8, 4) is 0 Å². The number of piperidine rings is 1. The highest BCUT2D eigenvalue weighted by Gasteiger charge is 2.24. The molecule has 0 atom stereocenters. The number of aromatic nitrogens is 1. The number of nitrogens with one attached hydrogen (secondary N) is 1. The molecule has 0 spiro atoms. The number of aryl methyl sites for hydroxylation is 1. The van der Waals surface area contributed by atoms with E-state index in [0.29, 0.717) is 5.92 Å². The molecule has 2 saturated heterocycles. The fraction of sp³-hybridized carbons (Fsp3) is 0.700. The van der Waals surface area contributed by atoms with E-state index in [4.69, 9.17) is 4.74 Å². The van der Waals surface area contributed by atoms with Crippen LogP contribution in [0.5, 0.6) is 0 Å². The van der Waals surface area contributed by atoms with Gasteiger partial charge in [-0.3, -0.25) is 0 Å². The van der Waals surface area contributed by atoms with Gasteiger partial charge in [0.1, 0.15) is 5.82 Å². The summed E-state index contributed by atoms with van der Waals surface area (Å²) in [5.74, 6) is 1.78. The monoisotopic (exact) mass is 360 g/mol. The van der Waals surface area contributed by atoms with Crippen LogP contribution in [0, 0.1) is 5.92 Å². The minimum Gasteiger partial charge on any atom is -0.447 e. The van der Waals surface area contributed by atoms with Gasteiger partial charge in [0, 0.05) is 45.5 Å². The molecule has 0 aromatic carbocycles. The van der Waals surface area contributed by atoms with Crippen molar-refractivity contribution in [2.24, 2.45) is 5.92 Å². The SMILES string of the molecule is CC(C)OC(=O)N1CCC(CCc2ccc(N3CCNCC3)nc2)CC1. The lowest BCUT2D eigenvalue weighted by atomic mass is 9.91. The molecule has 2 aliphatic heterocycles. The third-order valence-corrected chi connectivity index (χ3v) is 5.30. The second-order valence-corrected chi connectivity index (χ2v) is 7.66. The van der Waals surface area contributed by atoms with Gasteiger partial charge < -0.3 is 19.9 Å². The Bertz CT molecular complexity index is 562. The van der Waals surface area contributed by atoms with Gasteiger partial charge in [0.05, 0.1) is 6.10 Å². The molecule has 144 valence electrons. The molecule has 2 aliphatic rings. The van der Waals surface area contributed by atoms with Crippen molar-refractivity contribution >= 4 is 11.9 Å². The number of anilines is 1. The van der Waals surface area contributed by atoms with Crippen LogP contribution in [0.3, 0.4) is 0 Å². The van der Waals surface area contributed by atoms with E-state index in [1.807, 2.05) is 24.9 Å². The van der Waals surface area contributed by atoms with Crippen LogP contribution >= 0.6 is 0 Å². The Balaban J connectivity index is 1.40. The maximum absolute atomic E-state index is 11.9. The van der Waals surface area contributed by atoms with Gasteiger partial charge in [-0.1, -0.05) is 6.07 Å². The van der Waals surface area contributed by atoms with Gasteiger partial charge in [-0.2, -0.15) is 0 Å². The third kappa shape index (κ3) is 5.34. The van der Waals surface area contributed by atoms with Crippen molar-refractivity contribution in [3.63, 3.8) is 0 Å². The van der Waals surface area contributed by atoms with Crippen molar-refractivity contribution in [2.45, 2.75) is 45.6 Å². The number of nitrogens with zero attached hydrogens (tertiary/aromatic N) is 3. The van der Waals surface area contributed by atoms with Crippen LogP contribution in [0.1, 0.15) is 38.7 Å². The van der Waals surface area contributed by atoms with Gasteiger partial charge in [-0.15, -0.1) is 0 Å². The fourth-order valence-corrected chi connectivity index (χ4v) is 3.70. The van der Waals surface area contributed by atoms with E-state index in [-0.39, 0.29) is 12.2 Å². The zero-order valence-electron chi connectivity index (χ0n) is 16.1. The molecular formula is C20H32N4O2. The molecule has 3 heterocycles. The Kier molecular flexibility index (Phi) is 6.72. The molecule has 26 heavy (non-hydrogen) atoms. The van der Waals surface area contributed by atoms with E-state index in [9.17, 15) is 4.79 Å². The number of carbonyl (C=O) groups is 1. The van der Waals surface area contributed by atoms with Gasteiger partial charge >= 0.3 is 6.09 Å². The number of hydrogen-bond donors (Lipinski definition) is 1. The summed E-state index contributed by atoms with van der Waals surface area (Å²) in [6.45, 7) is 9.55. The lowest BCUT2D eigenvalue weighted by Crippen LogP contribution is -2.43. The van der Waals surface area contributed by atoms with E-state index in [1.54, 1.807) is 0 Å². The summed E-state index contributed by atoms with van der Waals surface area (Å²) >= 11 is 0. The maximum atomic E-state index is 11.9. The van der Waals surface area contributed by atoms with Crippen molar-refractivity contribution in [2.75, 3.05) is 44.2 Å². The first kappa shape index (κ1) is 19.0. The van der Waals surface area contributed by atoms with Crippen LogP contribution in [0.4, 0.5) is 10.6 Å². The summed E-state index contributed by atoms with van der Waals surface area (Å²) in [6, 6.07) is 4.38. The summed E-state index contributed by atoms with van der Waals surface area (Å²) < 4.78 is 5.29. The van der Waals surface area contributed by atoms with E-state index in [2.05, 4.69) is 27.3 Å². The Morgan fingerprint density at radius 2 is 1.96 bits per heavy atom. The Morgan fingerprint density at radius 3 is 2.58 bits per heavy atom. The highest BCUT2D eigenvalue weighted by Crippen LogP contribution is 2.23. The molecular weight excluding hydrogens is 328 g/mol. The highest BCUT2D eigenvalue weighted by atomic mass is 16.6. The third-order valence-electron chi connectivity index (χ3n) is 5.30. The molecule has 6 heteroatoms. The fourth-order valence-electron chi connectivity index (χ4n) is 3.70. The van der Waals surface area contributed by atoms with Crippen LogP contribution in [0.15, 0.2) is 18.3 Å². The molecule has 3 rings (SSSR count). The summed E-state index contributed by atoms with van der Waals surface area (Å²) in [5, 5.41) is 3.37. The minimum absolute atomic E-state index is 0.0445. The minimum atomic E-state index is -0.161. The molecule has 0 radical (unpaired) electrons. The van der Waals surface area contributed by atoms with Gasteiger partial charge in [-0.05, 0) is 57.1 Å². The number of carbonyl (C=O) groups excluding carboxylic acids is 1. The average molecular weight is 361 g/mol. The van der Waals surface area contributed by atoms with Crippen molar-refractivity contribution < 1.29 is 9.53 Å². The molecule has 1 N–H and O–H groups in total. The van der Waals surface area contributed by atoms with Gasteiger partial charge in [0.25, 0.3) is 0 Å². The number of ether oxygens (including phenoxy) is 1. The molecule has 1 amide bonds. The van der Waals surface area contributed by atoms with E-state index in [0.717, 1.165) is 64.3 Å². The van der Waals surface area contributed by atoms with Gasteiger partial charge in [0.2, 0.25) is 0 Å². The highest BCUT2D eigenvalue weighted by molar-refractivity contribution is 5.67. The predicted octanol–water partition coefficient (Wildman–Crippen LogP) is 2.68. The summed E-state index contributed by atoms with van der Waals surface area (Å²) in [6.07, 6.45) is 6.20. The number of amides is 1. The van der Waals surface area contributed by atoms with Crippen molar-refractivity contribution in [1.82, 2.24) is 15.2 Å². The van der Waals surface area contributed by atoms with E-state index in [1.165, 1.54) is 12.0 Å². The molecule has 1 aromatic rings. The van der Waals surface area contributed by atoms with Gasteiger partial charge in [0.15, 0.2) is 0 Å². The quantitative estimate of drug-likeness (QED) is 0.875. The first-order chi connectivity index (χ1) is 12.6. The average Bonchev–Trinajstić information content (AvgIpc) is 2.67. The molecule has 0 bridgehead atoms. The summed E-state index contributed by atoms with van der Waals surface area (Å²) in [7, 11) is 0. The standard InChI is InChI=1S/C20H32N4O2/c1-16(2)26-20(25)24-11-7-17(8-12-24)3-4-18-5-6-19(22-15-18)23-13-9-21-10-14-23/h5-6,15-17,21H,3-4,7-14H2,1-2H3. The van der Waals surface area contributed by atoms with Crippen molar-refractivity contribution in [3.05, 3.63) is 23.9 Å². The lowest BCUT2D eigenvalue weighted by molar-refractivity contribution is 0.0648. The number of piperazine rings is 1. The largest absolute Gasteiger partial charge is 0.447 e. The Morgan fingerprint density at radius 1 is 1.23 bits per heavy atom. The predicted molar refractivity (Wildman–Crippen MR) is 104 cm³/mol. The molecule has 6 nitrogen and oxygen atoms in total. The number of hydrogen-bond acceptors (Lipinski definition) is 5. The lowest BCUT2D eigenvalue weighted by Gasteiger charge is -2.32. The zero-order valence-corrected chi connectivity index (χ0v) is 16.1.